The number of carbonyl (C=O) groups is 1. The summed E-state index contributed by atoms with van der Waals surface area (Å²) in [7, 11) is 0. The van der Waals surface area contributed by atoms with E-state index in [1.165, 1.54) is 0 Å². The second-order valence-corrected chi connectivity index (χ2v) is 8.54. The number of rotatable bonds is 6. The summed E-state index contributed by atoms with van der Waals surface area (Å²) in [6.45, 7) is 5.91. The van der Waals surface area contributed by atoms with Gasteiger partial charge in [0.2, 0.25) is 0 Å². The van der Waals surface area contributed by atoms with Crippen LogP contribution in [0.2, 0.25) is 5.02 Å². The Morgan fingerprint density at radius 3 is 2.86 bits per heavy atom. The lowest BCUT2D eigenvalue weighted by atomic mass is 10.2. The molecule has 1 amide bonds. The van der Waals surface area contributed by atoms with E-state index in [1.54, 1.807) is 11.3 Å². The van der Waals surface area contributed by atoms with Crippen LogP contribution in [0.25, 0.3) is 0 Å². The van der Waals surface area contributed by atoms with Crippen molar-refractivity contribution < 1.29 is 9.53 Å². The first-order chi connectivity index (χ1) is 13.7. The number of benzene rings is 1. The Kier molecular flexibility index (Phi) is 6.47. The third-order valence-corrected chi connectivity index (χ3v) is 6.38. The minimum absolute atomic E-state index is 0.110. The SMILES string of the molecule is O=C(NC[C@H]1CCCO1)c1csc(CN2CCN(c3ccccc3Cl)CC2)n1. The van der Waals surface area contributed by atoms with Crippen LogP contribution in [0.15, 0.2) is 29.6 Å². The average molecular weight is 421 g/mol. The van der Waals surface area contributed by atoms with E-state index in [1.807, 2.05) is 23.6 Å². The number of anilines is 1. The number of halogens is 1. The van der Waals surface area contributed by atoms with E-state index in [2.05, 4.69) is 26.2 Å². The fourth-order valence-corrected chi connectivity index (χ4v) is 4.71. The minimum atomic E-state index is -0.110. The van der Waals surface area contributed by atoms with Crippen LogP contribution in [0.5, 0.6) is 0 Å². The van der Waals surface area contributed by atoms with Gasteiger partial charge in [0.25, 0.3) is 5.91 Å². The predicted molar refractivity (Wildman–Crippen MR) is 112 cm³/mol. The highest BCUT2D eigenvalue weighted by Crippen LogP contribution is 2.26. The maximum atomic E-state index is 12.3. The molecule has 2 aromatic rings. The molecule has 4 rings (SSSR count). The van der Waals surface area contributed by atoms with Crippen molar-refractivity contribution in [2.24, 2.45) is 0 Å². The fourth-order valence-electron chi connectivity index (χ4n) is 3.64. The molecule has 0 aliphatic carbocycles. The first kappa shape index (κ1) is 19.6. The van der Waals surface area contributed by atoms with Gasteiger partial charge in [0, 0.05) is 44.7 Å². The number of nitrogens with one attached hydrogen (secondary N) is 1. The lowest BCUT2D eigenvalue weighted by Gasteiger charge is -2.36. The molecular formula is C20H25ClN4O2S. The van der Waals surface area contributed by atoms with Gasteiger partial charge in [0.15, 0.2) is 0 Å². The first-order valence-electron chi connectivity index (χ1n) is 9.75. The number of thiazole rings is 1. The van der Waals surface area contributed by atoms with Crippen LogP contribution >= 0.6 is 22.9 Å². The predicted octanol–water partition coefficient (Wildman–Crippen LogP) is 3.03. The van der Waals surface area contributed by atoms with Crippen molar-refractivity contribution in [3.8, 4) is 0 Å². The maximum Gasteiger partial charge on any atom is 0.270 e. The van der Waals surface area contributed by atoms with E-state index in [0.717, 1.165) is 67.9 Å². The van der Waals surface area contributed by atoms with Crippen LogP contribution in [0.1, 0.15) is 28.3 Å². The van der Waals surface area contributed by atoms with Crippen molar-refractivity contribution in [1.82, 2.24) is 15.2 Å². The van der Waals surface area contributed by atoms with E-state index in [0.29, 0.717) is 12.2 Å². The van der Waals surface area contributed by atoms with Crippen molar-refractivity contribution in [1.29, 1.82) is 0 Å². The van der Waals surface area contributed by atoms with Gasteiger partial charge in [-0.2, -0.15) is 0 Å². The number of carbonyl (C=O) groups excluding carboxylic acids is 1. The zero-order valence-electron chi connectivity index (χ0n) is 15.8. The number of ether oxygens (including phenoxy) is 1. The molecule has 28 heavy (non-hydrogen) atoms. The van der Waals surface area contributed by atoms with Gasteiger partial charge >= 0.3 is 0 Å². The van der Waals surface area contributed by atoms with Crippen molar-refractivity contribution in [3.05, 3.63) is 45.4 Å². The number of nitrogens with zero attached hydrogens (tertiary/aromatic N) is 3. The number of amides is 1. The van der Waals surface area contributed by atoms with E-state index in [4.69, 9.17) is 16.3 Å². The van der Waals surface area contributed by atoms with Crippen LogP contribution in [-0.4, -0.2) is 61.2 Å². The van der Waals surface area contributed by atoms with E-state index in [-0.39, 0.29) is 12.0 Å². The Bertz CT molecular complexity index is 801. The lowest BCUT2D eigenvalue weighted by molar-refractivity contribution is 0.0854. The molecule has 1 aromatic heterocycles. The van der Waals surface area contributed by atoms with E-state index in [9.17, 15) is 4.79 Å². The highest BCUT2D eigenvalue weighted by molar-refractivity contribution is 7.09. The summed E-state index contributed by atoms with van der Waals surface area (Å²) in [5.41, 5.74) is 1.61. The van der Waals surface area contributed by atoms with Gasteiger partial charge < -0.3 is 15.0 Å². The molecule has 1 aromatic carbocycles. The first-order valence-corrected chi connectivity index (χ1v) is 11.0. The Labute approximate surface area is 174 Å². The van der Waals surface area contributed by atoms with Crippen LogP contribution in [0.3, 0.4) is 0 Å². The number of hydrogen-bond acceptors (Lipinski definition) is 6. The Morgan fingerprint density at radius 2 is 2.11 bits per heavy atom. The highest BCUT2D eigenvalue weighted by Gasteiger charge is 2.21. The largest absolute Gasteiger partial charge is 0.376 e. The number of hydrogen-bond donors (Lipinski definition) is 1. The zero-order chi connectivity index (χ0) is 19.3. The Balaban J connectivity index is 1.25. The van der Waals surface area contributed by atoms with Crippen molar-refractivity contribution in [2.75, 3.05) is 44.2 Å². The molecule has 150 valence electrons. The summed E-state index contributed by atoms with van der Waals surface area (Å²) in [6, 6.07) is 7.98. The normalized spacial score (nSPS) is 20.5. The van der Waals surface area contributed by atoms with Gasteiger partial charge in [-0.25, -0.2) is 4.98 Å². The maximum absolute atomic E-state index is 12.3. The topological polar surface area (TPSA) is 57.7 Å². The number of aromatic nitrogens is 1. The summed E-state index contributed by atoms with van der Waals surface area (Å²) < 4.78 is 5.54. The molecule has 0 bridgehead atoms. The molecular weight excluding hydrogens is 396 g/mol. The molecule has 2 saturated heterocycles. The zero-order valence-corrected chi connectivity index (χ0v) is 17.3. The average Bonchev–Trinajstić information content (AvgIpc) is 3.39. The molecule has 3 heterocycles. The molecule has 2 aliphatic heterocycles. The summed E-state index contributed by atoms with van der Waals surface area (Å²) >= 11 is 7.86. The van der Waals surface area contributed by atoms with Crippen molar-refractivity contribution >= 4 is 34.5 Å². The van der Waals surface area contributed by atoms with Crippen molar-refractivity contribution in [2.45, 2.75) is 25.5 Å². The number of piperazine rings is 1. The second kappa shape index (κ2) is 9.22. The summed E-state index contributed by atoms with van der Waals surface area (Å²) in [4.78, 5) is 21.5. The van der Waals surface area contributed by atoms with Crippen molar-refractivity contribution in [3.63, 3.8) is 0 Å². The van der Waals surface area contributed by atoms with Crippen LogP contribution < -0.4 is 10.2 Å². The Morgan fingerprint density at radius 1 is 1.29 bits per heavy atom. The molecule has 1 N–H and O–H groups in total. The summed E-state index contributed by atoms with van der Waals surface area (Å²) in [6.07, 6.45) is 2.24. The lowest BCUT2D eigenvalue weighted by Crippen LogP contribution is -2.46. The third kappa shape index (κ3) is 4.84. The van der Waals surface area contributed by atoms with Gasteiger partial charge in [-0.1, -0.05) is 23.7 Å². The van der Waals surface area contributed by atoms with Gasteiger partial charge in [-0.3, -0.25) is 9.69 Å². The molecule has 1 atom stereocenters. The summed E-state index contributed by atoms with van der Waals surface area (Å²) in [5.74, 6) is -0.110. The highest BCUT2D eigenvalue weighted by atomic mass is 35.5. The molecule has 2 fully saturated rings. The van der Waals surface area contributed by atoms with E-state index < -0.39 is 0 Å². The molecule has 0 unspecified atom stereocenters. The molecule has 6 nitrogen and oxygen atoms in total. The van der Waals surface area contributed by atoms with Crippen LogP contribution in [0, 0.1) is 0 Å². The van der Waals surface area contributed by atoms with Gasteiger partial charge in [0.05, 0.1) is 23.4 Å². The van der Waals surface area contributed by atoms with E-state index >= 15 is 0 Å². The van der Waals surface area contributed by atoms with Crippen LogP contribution in [-0.2, 0) is 11.3 Å². The Hall–Kier alpha value is -1.67. The smallest absolute Gasteiger partial charge is 0.270 e. The number of para-hydroxylation sites is 1. The van der Waals surface area contributed by atoms with Gasteiger partial charge in [-0.15, -0.1) is 11.3 Å². The van der Waals surface area contributed by atoms with Gasteiger partial charge in [0.1, 0.15) is 10.7 Å². The fraction of sp³-hybridized carbons (Fsp3) is 0.500. The second-order valence-electron chi connectivity index (χ2n) is 7.19. The van der Waals surface area contributed by atoms with Crippen LogP contribution in [0.4, 0.5) is 5.69 Å². The monoisotopic (exact) mass is 420 g/mol. The summed E-state index contributed by atoms with van der Waals surface area (Å²) in [5, 5.41) is 6.56. The van der Waals surface area contributed by atoms with Gasteiger partial charge in [-0.05, 0) is 25.0 Å². The molecule has 0 saturated carbocycles. The molecule has 0 spiro atoms. The third-order valence-electron chi connectivity index (χ3n) is 5.22. The quantitative estimate of drug-likeness (QED) is 0.778. The standard InChI is InChI=1S/C20H25ClN4O2S/c21-16-5-1-2-6-18(16)25-9-7-24(8-10-25)13-19-23-17(14-28-19)20(26)22-12-15-4-3-11-27-15/h1-2,5-6,14-15H,3-4,7-13H2,(H,22,26)/t15-/m1/s1. The minimum Gasteiger partial charge on any atom is -0.376 e. The molecule has 8 heteroatoms. The molecule has 0 radical (unpaired) electrons. The molecule has 2 aliphatic rings.